The van der Waals surface area contributed by atoms with Gasteiger partial charge in [-0.1, -0.05) is 96.5 Å². The van der Waals surface area contributed by atoms with Gasteiger partial charge in [-0.3, -0.25) is 4.79 Å². The van der Waals surface area contributed by atoms with E-state index in [1.807, 2.05) is 0 Å². The van der Waals surface area contributed by atoms with E-state index in [0.29, 0.717) is 6.42 Å². The van der Waals surface area contributed by atoms with Gasteiger partial charge in [-0.2, -0.15) is 13.2 Å². The molecule has 0 fully saturated rings. The Bertz CT molecular complexity index is 467. The summed E-state index contributed by atoms with van der Waals surface area (Å²) in [6.45, 7) is 5.77. The van der Waals surface area contributed by atoms with Crippen LogP contribution < -0.4 is 5.32 Å². The molecule has 7 heteroatoms. The van der Waals surface area contributed by atoms with Gasteiger partial charge in [-0.05, 0) is 12.8 Å². The number of carbonyl (C=O) groups is 2. The molecule has 1 amide bonds. The minimum Gasteiger partial charge on any atom is -0.464 e. The number of rotatable bonds is 19. The summed E-state index contributed by atoms with van der Waals surface area (Å²) in [5.74, 6) is -3.01. The Morgan fingerprint density at radius 2 is 1.30 bits per heavy atom. The van der Waals surface area contributed by atoms with E-state index in [1.165, 1.54) is 70.3 Å². The minimum atomic E-state index is -5.03. The number of ether oxygens (including phenoxy) is 1. The van der Waals surface area contributed by atoms with Gasteiger partial charge < -0.3 is 10.1 Å². The zero-order valence-electron chi connectivity index (χ0n) is 18.5. The zero-order valence-corrected chi connectivity index (χ0v) is 18.5. The molecule has 0 saturated heterocycles. The Kier molecular flexibility index (Phi) is 17.3. The normalized spacial score (nSPS) is 12.4. The molecule has 1 unspecified atom stereocenters. The van der Waals surface area contributed by atoms with Crippen molar-refractivity contribution in [3.05, 3.63) is 12.7 Å². The zero-order chi connectivity index (χ0) is 22.7. The first-order valence-electron chi connectivity index (χ1n) is 11.5. The Morgan fingerprint density at radius 3 is 1.70 bits per heavy atom. The van der Waals surface area contributed by atoms with Gasteiger partial charge in [0.25, 0.3) is 0 Å². The summed E-state index contributed by atoms with van der Waals surface area (Å²) in [6, 6.07) is -1.36. The first-order chi connectivity index (χ1) is 14.3. The molecule has 0 aromatic carbocycles. The first kappa shape index (κ1) is 28.5. The van der Waals surface area contributed by atoms with Crippen molar-refractivity contribution in [1.29, 1.82) is 0 Å². The molecule has 1 N–H and O–H groups in total. The summed E-state index contributed by atoms with van der Waals surface area (Å²) in [5, 5.41) is 1.65. The molecule has 0 heterocycles. The van der Waals surface area contributed by atoms with Crippen molar-refractivity contribution in [3.63, 3.8) is 0 Å². The van der Waals surface area contributed by atoms with Crippen LogP contribution in [0.3, 0.4) is 0 Å². The number of hydrogen-bond donors (Lipinski definition) is 1. The van der Waals surface area contributed by atoms with Crippen LogP contribution in [-0.4, -0.2) is 30.7 Å². The van der Waals surface area contributed by atoms with Crippen LogP contribution in [0.4, 0.5) is 13.2 Å². The van der Waals surface area contributed by atoms with E-state index < -0.39 is 24.1 Å². The highest BCUT2D eigenvalue weighted by Crippen LogP contribution is 2.16. The van der Waals surface area contributed by atoms with Crippen molar-refractivity contribution in [3.8, 4) is 0 Å². The van der Waals surface area contributed by atoms with Crippen molar-refractivity contribution >= 4 is 11.9 Å². The summed E-state index contributed by atoms with van der Waals surface area (Å²) in [4.78, 5) is 22.9. The number of alkyl halides is 3. The predicted octanol–water partition coefficient (Wildman–Crippen LogP) is 6.63. The molecule has 0 spiro atoms. The molecule has 4 nitrogen and oxygen atoms in total. The number of amides is 1. The molecule has 176 valence electrons. The van der Waals surface area contributed by atoms with Crippen molar-refractivity contribution in [2.75, 3.05) is 6.61 Å². The highest BCUT2D eigenvalue weighted by Gasteiger charge is 2.40. The second-order valence-electron chi connectivity index (χ2n) is 7.81. The van der Waals surface area contributed by atoms with Gasteiger partial charge in [0.1, 0.15) is 6.04 Å². The second-order valence-corrected chi connectivity index (χ2v) is 7.81. The molecule has 0 rings (SSSR count). The third-order valence-electron chi connectivity index (χ3n) is 4.99. The number of halogens is 3. The van der Waals surface area contributed by atoms with E-state index >= 15 is 0 Å². The molecule has 0 saturated carbocycles. The topological polar surface area (TPSA) is 55.4 Å². The molecular formula is C23H40F3NO3. The highest BCUT2D eigenvalue weighted by molar-refractivity contribution is 5.87. The smallest absolute Gasteiger partial charge is 0.464 e. The first-order valence-corrected chi connectivity index (χ1v) is 11.5. The van der Waals surface area contributed by atoms with Gasteiger partial charge in [0, 0.05) is 0 Å². The SMILES string of the molecule is C=CCC(NC(=O)C(F)(F)F)C(=O)OCCCCCCCCCCCCCCCC. The number of nitrogens with one attached hydrogen (secondary N) is 1. The van der Waals surface area contributed by atoms with Crippen molar-refractivity contribution in [2.24, 2.45) is 0 Å². The number of esters is 1. The van der Waals surface area contributed by atoms with E-state index in [0.717, 1.165) is 19.3 Å². The maximum absolute atomic E-state index is 12.3. The Morgan fingerprint density at radius 1 is 0.867 bits per heavy atom. The van der Waals surface area contributed by atoms with Crippen LogP contribution in [0, 0.1) is 0 Å². The highest BCUT2D eigenvalue weighted by atomic mass is 19.4. The van der Waals surface area contributed by atoms with Crippen molar-refractivity contribution < 1.29 is 27.5 Å². The Labute approximate surface area is 180 Å². The van der Waals surface area contributed by atoms with Gasteiger partial charge in [-0.25, -0.2) is 4.79 Å². The fourth-order valence-corrected chi connectivity index (χ4v) is 3.19. The van der Waals surface area contributed by atoms with Gasteiger partial charge >= 0.3 is 18.1 Å². The maximum Gasteiger partial charge on any atom is 0.471 e. The minimum absolute atomic E-state index is 0.112. The van der Waals surface area contributed by atoms with Gasteiger partial charge in [0.15, 0.2) is 0 Å². The maximum atomic E-state index is 12.3. The Balaban J connectivity index is 3.64. The molecule has 0 aromatic rings. The molecule has 30 heavy (non-hydrogen) atoms. The molecule has 0 aromatic heterocycles. The summed E-state index contributed by atoms with van der Waals surface area (Å²) < 4.78 is 42.0. The predicted molar refractivity (Wildman–Crippen MR) is 114 cm³/mol. The third-order valence-corrected chi connectivity index (χ3v) is 4.99. The van der Waals surface area contributed by atoms with Crippen LogP contribution in [0.15, 0.2) is 12.7 Å². The van der Waals surface area contributed by atoms with Gasteiger partial charge in [0.05, 0.1) is 6.61 Å². The van der Waals surface area contributed by atoms with E-state index in [-0.39, 0.29) is 13.0 Å². The van der Waals surface area contributed by atoms with E-state index in [4.69, 9.17) is 4.74 Å². The summed E-state index contributed by atoms with van der Waals surface area (Å²) in [6.07, 6.45) is 13.0. The largest absolute Gasteiger partial charge is 0.471 e. The fourth-order valence-electron chi connectivity index (χ4n) is 3.19. The fraction of sp³-hybridized carbons (Fsp3) is 0.826. The van der Waals surface area contributed by atoms with Crippen LogP contribution >= 0.6 is 0 Å². The molecule has 0 aliphatic heterocycles. The quantitative estimate of drug-likeness (QED) is 0.141. The van der Waals surface area contributed by atoms with E-state index in [1.54, 1.807) is 5.32 Å². The van der Waals surface area contributed by atoms with E-state index in [2.05, 4.69) is 13.5 Å². The van der Waals surface area contributed by atoms with Crippen molar-refractivity contribution in [1.82, 2.24) is 5.32 Å². The number of hydrogen-bond acceptors (Lipinski definition) is 3. The van der Waals surface area contributed by atoms with Gasteiger partial charge in [0.2, 0.25) is 0 Å². The summed E-state index contributed by atoms with van der Waals surface area (Å²) in [7, 11) is 0. The molecule has 0 radical (unpaired) electrons. The second kappa shape index (κ2) is 18.3. The summed E-state index contributed by atoms with van der Waals surface area (Å²) >= 11 is 0. The Hall–Kier alpha value is -1.53. The standard InChI is InChI=1S/C23H40F3NO3/c1-3-5-6-7-8-9-10-11-12-13-14-15-16-17-19-30-21(28)20(18-4-2)27-22(29)23(24,25)26/h4,20H,2-3,5-19H2,1H3,(H,27,29). The average Bonchev–Trinajstić information content (AvgIpc) is 2.69. The van der Waals surface area contributed by atoms with Crippen LogP contribution in [0.2, 0.25) is 0 Å². The molecular weight excluding hydrogens is 395 g/mol. The third kappa shape index (κ3) is 16.3. The lowest BCUT2D eigenvalue weighted by Gasteiger charge is -2.17. The van der Waals surface area contributed by atoms with Crippen LogP contribution in [0.25, 0.3) is 0 Å². The lowest BCUT2D eigenvalue weighted by Crippen LogP contribution is -2.47. The van der Waals surface area contributed by atoms with Crippen LogP contribution in [0.1, 0.15) is 103 Å². The number of unbranched alkanes of at least 4 members (excludes halogenated alkanes) is 13. The van der Waals surface area contributed by atoms with Crippen LogP contribution in [-0.2, 0) is 14.3 Å². The molecule has 0 aliphatic carbocycles. The average molecular weight is 436 g/mol. The lowest BCUT2D eigenvalue weighted by atomic mass is 10.0. The monoisotopic (exact) mass is 435 g/mol. The molecule has 0 bridgehead atoms. The van der Waals surface area contributed by atoms with Crippen molar-refractivity contribution in [2.45, 2.75) is 115 Å². The van der Waals surface area contributed by atoms with E-state index in [9.17, 15) is 22.8 Å². The number of carbonyl (C=O) groups excluding carboxylic acids is 2. The lowest BCUT2D eigenvalue weighted by molar-refractivity contribution is -0.175. The molecule has 0 aliphatic rings. The van der Waals surface area contributed by atoms with Crippen LogP contribution in [0.5, 0.6) is 0 Å². The molecule has 1 atom stereocenters. The summed E-state index contributed by atoms with van der Waals surface area (Å²) in [5.41, 5.74) is 0. The van der Waals surface area contributed by atoms with Gasteiger partial charge in [-0.15, -0.1) is 6.58 Å².